The predicted molar refractivity (Wildman–Crippen MR) is 224 cm³/mol. The topological polar surface area (TPSA) is 35.1 Å². The normalized spacial score (nSPS) is 12.5. The van der Waals surface area contributed by atoms with Crippen LogP contribution in [0.2, 0.25) is 0 Å². The SMILES string of the molecule is c1ccc(-c2nc(-n3c4cccc5c6cccc7c8ccc9c%10ccccc%10sc9c8n(c8cccc3c8c54)c67)nc3c2ccc2ccccc23)cc1. The smallest absolute Gasteiger partial charge is 0.235 e. The molecule has 5 heteroatoms. The van der Waals surface area contributed by atoms with Crippen LogP contribution in [0.15, 0.2) is 158 Å². The van der Waals surface area contributed by atoms with Gasteiger partial charge in [-0.3, -0.25) is 4.57 Å². The van der Waals surface area contributed by atoms with E-state index >= 15 is 0 Å². The highest BCUT2D eigenvalue weighted by Gasteiger charge is 2.25. The first kappa shape index (κ1) is 27.8. The van der Waals surface area contributed by atoms with E-state index in [0.29, 0.717) is 5.95 Å². The second-order valence-electron chi connectivity index (χ2n) is 14.1. The molecule has 0 saturated heterocycles. The van der Waals surface area contributed by atoms with Gasteiger partial charge >= 0.3 is 0 Å². The number of hydrogen-bond donors (Lipinski definition) is 0. The summed E-state index contributed by atoms with van der Waals surface area (Å²) in [4.78, 5) is 10.9. The number of hydrogen-bond acceptors (Lipinski definition) is 3. The van der Waals surface area contributed by atoms with E-state index in [1.54, 1.807) is 0 Å². The van der Waals surface area contributed by atoms with Crippen LogP contribution < -0.4 is 0 Å². The van der Waals surface area contributed by atoms with Crippen molar-refractivity contribution in [1.29, 1.82) is 0 Å². The van der Waals surface area contributed by atoms with E-state index in [0.717, 1.165) is 44.0 Å². The molecule has 0 aliphatic carbocycles. The predicted octanol–water partition coefficient (Wildman–Crippen LogP) is 13.1. The molecule has 0 bridgehead atoms. The number of benzene rings is 8. The van der Waals surface area contributed by atoms with Crippen molar-refractivity contribution in [3.8, 4) is 17.2 Å². The van der Waals surface area contributed by atoms with Crippen LogP contribution in [0.25, 0.3) is 119 Å². The Morgan fingerprint density at radius 2 is 1.06 bits per heavy atom. The maximum atomic E-state index is 5.47. The van der Waals surface area contributed by atoms with Gasteiger partial charge < -0.3 is 4.40 Å². The lowest BCUT2D eigenvalue weighted by atomic mass is 10.0. The lowest BCUT2D eigenvalue weighted by molar-refractivity contribution is 1.02. The molecule has 0 radical (unpaired) electrons. The van der Waals surface area contributed by atoms with Crippen LogP contribution in [-0.4, -0.2) is 18.9 Å². The molecule has 0 saturated carbocycles. The minimum Gasteiger partial charge on any atom is -0.306 e. The minimum absolute atomic E-state index is 0.672. The van der Waals surface area contributed by atoms with Crippen molar-refractivity contribution in [2.45, 2.75) is 0 Å². The maximum Gasteiger partial charge on any atom is 0.235 e. The van der Waals surface area contributed by atoms with Gasteiger partial charge in [-0.15, -0.1) is 11.3 Å². The first-order valence-electron chi connectivity index (χ1n) is 18.0. The van der Waals surface area contributed by atoms with E-state index in [1.807, 2.05) is 11.3 Å². The van der Waals surface area contributed by atoms with Gasteiger partial charge in [0.15, 0.2) is 0 Å². The average Bonchev–Trinajstić information content (AvgIpc) is 3.86. The Bertz CT molecular complexity index is 3680. The van der Waals surface area contributed by atoms with Crippen LogP contribution in [0.1, 0.15) is 0 Å². The quantitative estimate of drug-likeness (QED) is 0.169. The molecule has 53 heavy (non-hydrogen) atoms. The van der Waals surface area contributed by atoms with Crippen molar-refractivity contribution in [1.82, 2.24) is 18.9 Å². The van der Waals surface area contributed by atoms with Crippen molar-refractivity contribution < 1.29 is 0 Å². The molecule has 4 nitrogen and oxygen atoms in total. The molecule has 13 rings (SSSR count). The van der Waals surface area contributed by atoms with Crippen LogP contribution in [-0.2, 0) is 0 Å². The van der Waals surface area contributed by atoms with Gasteiger partial charge in [-0.1, -0.05) is 127 Å². The first-order valence-corrected chi connectivity index (χ1v) is 18.8. The second kappa shape index (κ2) is 9.94. The van der Waals surface area contributed by atoms with Crippen molar-refractivity contribution in [2.24, 2.45) is 0 Å². The van der Waals surface area contributed by atoms with Crippen molar-refractivity contribution in [3.63, 3.8) is 0 Å². The fourth-order valence-electron chi connectivity index (χ4n) is 9.27. The van der Waals surface area contributed by atoms with Gasteiger partial charge in [0.1, 0.15) is 0 Å². The number of nitrogens with zero attached hydrogens (tertiary/aromatic N) is 4. The van der Waals surface area contributed by atoms with Crippen LogP contribution in [0.4, 0.5) is 0 Å². The van der Waals surface area contributed by atoms with Gasteiger partial charge in [-0.05, 0) is 41.1 Å². The molecule has 0 fully saturated rings. The van der Waals surface area contributed by atoms with Crippen LogP contribution >= 0.6 is 11.3 Å². The van der Waals surface area contributed by atoms with Crippen molar-refractivity contribution in [2.75, 3.05) is 0 Å². The fourth-order valence-corrected chi connectivity index (χ4v) is 10.5. The zero-order chi connectivity index (χ0) is 34.4. The van der Waals surface area contributed by atoms with Gasteiger partial charge in [0, 0.05) is 58.7 Å². The van der Waals surface area contributed by atoms with Crippen molar-refractivity contribution >= 4 is 113 Å². The van der Waals surface area contributed by atoms with Crippen LogP contribution in [0.3, 0.4) is 0 Å². The highest BCUT2D eigenvalue weighted by molar-refractivity contribution is 7.26. The Hall–Kier alpha value is -6.82. The standard InChI is InChI=1S/C48H26N4S/c1-2-12-28(13-3-1)43-36-24-23-27-11-4-5-14-29(27)44(36)50-48(49-43)51-37-19-9-16-31-32-17-8-18-33-34-25-26-35-30-15-6-7-22-40(30)53-47(35)46(34)52(45(32)33)39-21-10-20-38(51)42(39)41(31)37/h1-26H. The van der Waals surface area contributed by atoms with Crippen molar-refractivity contribution in [3.05, 3.63) is 158 Å². The highest BCUT2D eigenvalue weighted by atomic mass is 32.1. The summed E-state index contributed by atoms with van der Waals surface area (Å²) in [5.41, 5.74) is 8.86. The molecule has 5 aromatic heterocycles. The summed E-state index contributed by atoms with van der Waals surface area (Å²) in [6.45, 7) is 0. The second-order valence-corrected chi connectivity index (χ2v) is 15.2. The number of rotatable bonds is 2. The summed E-state index contributed by atoms with van der Waals surface area (Å²) in [7, 11) is 0. The Balaban J connectivity index is 1.26. The molecular weight excluding hydrogens is 665 g/mol. The summed E-state index contributed by atoms with van der Waals surface area (Å²) >= 11 is 1.90. The van der Waals surface area contributed by atoms with Gasteiger partial charge in [-0.2, -0.15) is 0 Å². The first-order chi connectivity index (χ1) is 26.3. The molecule has 5 heterocycles. The summed E-state index contributed by atoms with van der Waals surface area (Å²) in [5, 5.41) is 13.4. The Kier molecular flexibility index (Phi) is 5.22. The van der Waals surface area contributed by atoms with Gasteiger partial charge in [0.2, 0.25) is 5.95 Å². The number of aromatic nitrogens is 4. The molecule has 244 valence electrons. The third-order valence-electron chi connectivity index (χ3n) is 11.4. The molecule has 0 atom stereocenters. The Morgan fingerprint density at radius 3 is 1.96 bits per heavy atom. The highest BCUT2D eigenvalue weighted by Crippen LogP contribution is 2.47. The van der Waals surface area contributed by atoms with Crippen LogP contribution in [0, 0.1) is 0 Å². The van der Waals surface area contributed by atoms with E-state index in [4.69, 9.17) is 9.97 Å². The molecule has 0 aliphatic rings. The Labute approximate surface area is 305 Å². The molecule has 0 spiro atoms. The number of fused-ring (bicyclic) bond motifs is 12. The van der Waals surface area contributed by atoms with Gasteiger partial charge in [0.25, 0.3) is 0 Å². The average molecular weight is 691 g/mol. The van der Waals surface area contributed by atoms with E-state index in [9.17, 15) is 0 Å². The summed E-state index contributed by atoms with van der Waals surface area (Å²) in [5.74, 6) is 0.672. The van der Waals surface area contributed by atoms with E-state index in [1.165, 1.54) is 69.0 Å². The number of para-hydroxylation sites is 1. The third-order valence-corrected chi connectivity index (χ3v) is 12.6. The number of thiophene rings is 1. The largest absolute Gasteiger partial charge is 0.306 e. The maximum absolute atomic E-state index is 5.47. The lowest BCUT2D eigenvalue weighted by Crippen LogP contribution is -2.04. The fraction of sp³-hybridized carbons (Fsp3) is 0. The monoisotopic (exact) mass is 690 g/mol. The summed E-state index contributed by atoms with van der Waals surface area (Å²) in [6.07, 6.45) is 0. The minimum atomic E-state index is 0.672. The molecule has 0 aliphatic heterocycles. The molecule has 8 aromatic carbocycles. The molecule has 13 aromatic rings. The molecule has 0 unspecified atom stereocenters. The summed E-state index contributed by atoms with van der Waals surface area (Å²) < 4.78 is 7.50. The van der Waals surface area contributed by atoms with E-state index < -0.39 is 0 Å². The lowest BCUT2D eigenvalue weighted by Gasteiger charge is -2.13. The molecule has 0 amide bonds. The Morgan fingerprint density at radius 1 is 0.415 bits per heavy atom. The molecule has 0 N–H and O–H groups in total. The van der Waals surface area contributed by atoms with E-state index in [2.05, 4.69) is 167 Å². The van der Waals surface area contributed by atoms with Gasteiger partial charge in [-0.25, -0.2) is 9.97 Å². The third kappa shape index (κ3) is 3.50. The molecular formula is C48H26N4S. The summed E-state index contributed by atoms with van der Waals surface area (Å²) in [6, 6.07) is 57.2. The zero-order valence-electron chi connectivity index (χ0n) is 28.2. The van der Waals surface area contributed by atoms with E-state index in [-0.39, 0.29) is 0 Å². The zero-order valence-corrected chi connectivity index (χ0v) is 29.0. The van der Waals surface area contributed by atoms with Crippen LogP contribution in [0.5, 0.6) is 0 Å². The van der Waals surface area contributed by atoms with Gasteiger partial charge in [0.05, 0.1) is 43.5 Å².